The molecule has 1 amide bonds. The van der Waals surface area contributed by atoms with Crippen LogP contribution in [0.5, 0.6) is 0 Å². The number of hydrogen-bond donors (Lipinski definition) is 0. The van der Waals surface area contributed by atoms with Gasteiger partial charge in [-0.3, -0.25) is 14.2 Å². The minimum atomic E-state index is -0.0161. The molecule has 130 valence electrons. The first-order chi connectivity index (χ1) is 12.6. The number of aromatic nitrogens is 1. The smallest absolute Gasteiger partial charge is 0.254 e. The largest absolute Gasteiger partial charge is 0.330 e. The number of carbonyl (C=O) groups excluding carboxylic acids is 2. The molecule has 0 bridgehead atoms. The van der Waals surface area contributed by atoms with Gasteiger partial charge in [-0.05, 0) is 43.5 Å². The number of benzene rings is 2. The summed E-state index contributed by atoms with van der Waals surface area (Å²) in [5.74, 6) is 0.204. The van der Waals surface area contributed by atoms with E-state index in [0.29, 0.717) is 19.4 Å². The van der Waals surface area contributed by atoms with Gasteiger partial charge in [-0.25, -0.2) is 0 Å². The predicted molar refractivity (Wildman–Crippen MR) is 100 cm³/mol. The molecule has 4 nitrogen and oxygen atoms in total. The molecule has 26 heavy (non-hydrogen) atoms. The fourth-order valence-corrected chi connectivity index (χ4v) is 4.51. The summed E-state index contributed by atoms with van der Waals surface area (Å²) in [6, 6.07) is 15.8. The first kappa shape index (κ1) is 15.4. The van der Waals surface area contributed by atoms with Crippen LogP contribution in [-0.2, 0) is 6.42 Å². The van der Waals surface area contributed by atoms with E-state index in [0.717, 1.165) is 34.1 Å². The number of aryl methyl sites for hydroxylation is 1. The molecule has 0 saturated carbocycles. The van der Waals surface area contributed by atoms with E-state index in [1.807, 2.05) is 58.9 Å². The van der Waals surface area contributed by atoms with Gasteiger partial charge in [0.1, 0.15) is 0 Å². The molecule has 1 aromatic heterocycles. The number of rotatable bonds is 1. The second kappa shape index (κ2) is 5.56. The second-order valence-corrected chi connectivity index (χ2v) is 7.28. The first-order valence-electron chi connectivity index (χ1n) is 9.18. The lowest BCUT2D eigenvalue weighted by molar-refractivity contribution is 0.0593. The van der Waals surface area contributed by atoms with Crippen molar-refractivity contribution in [1.82, 2.24) is 9.47 Å². The summed E-state index contributed by atoms with van der Waals surface area (Å²) in [4.78, 5) is 27.8. The SMILES string of the molecule is Cc1ccc(C(=O)N2CCc3c4n(c5ccccc35)C(=O)CC[C@H]42)cc1. The molecular formula is C22H20N2O2. The van der Waals surface area contributed by atoms with Crippen LogP contribution in [0.3, 0.4) is 0 Å². The van der Waals surface area contributed by atoms with Gasteiger partial charge in [-0.2, -0.15) is 0 Å². The molecule has 0 N–H and O–H groups in total. The van der Waals surface area contributed by atoms with E-state index in [-0.39, 0.29) is 17.9 Å². The van der Waals surface area contributed by atoms with Crippen LogP contribution in [0.1, 0.15) is 50.9 Å². The van der Waals surface area contributed by atoms with E-state index in [1.54, 1.807) is 0 Å². The van der Waals surface area contributed by atoms with Gasteiger partial charge < -0.3 is 4.90 Å². The molecule has 0 saturated heterocycles. The van der Waals surface area contributed by atoms with Crippen molar-refractivity contribution in [2.24, 2.45) is 0 Å². The molecule has 0 radical (unpaired) electrons. The molecule has 0 fully saturated rings. The van der Waals surface area contributed by atoms with E-state index in [4.69, 9.17) is 0 Å². The van der Waals surface area contributed by atoms with Gasteiger partial charge >= 0.3 is 0 Å². The lowest BCUT2D eigenvalue weighted by Crippen LogP contribution is -2.43. The van der Waals surface area contributed by atoms with Crippen LogP contribution >= 0.6 is 0 Å². The number of fused-ring (bicyclic) bond motifs is 3. The Morgan fingerprint density at radius 3 is 2.62 bits per heavy atom. The summed E-state index contributed by atoms with van der Waals surface area (Å²) < 4.78 is 1.87. The quantitative estimate of drug-likeness (QED) is 0.666. The Bertz CT molecular complexity index is 1050. The second-order valence-electron chi connectivity index (χ2n) is 7.28. The Kier molecular flexibility index (Phi) is 3.29. The zero-order valence-corrected chi connectivity index (χ0v) is 14.7. The fourth-order valence-electron chi connectivity index (χ4n) is 4.51. The van der Waals surface area contributed by atoms with Crippen molar-refractivity contribution in [3.05, 3.63) is 70.9 Å². The average molecular weight is 344 g/mol. The van der Waals surface area contributed by atoms with E-state index in [1.165, 1.54) is 5.56 Å². The monoisotopic (exact) mass is 344 g/mol. The maximum atomic E-state index is 13.2. The van der Waals surface area contributed by atoms with Crippen molar-refractivity contribution in [2.75, 3.05) is 6.54 Å². The highest BCUT2D eigenvalue weighted by atomic mass is 16.2. The van der Waals surface area contributed by atoms with Gasteiger partial charge in [-0.1, -0.05) is 35.9 Å². The van der Waals surface area contributed by atoms with Crippen molar-refractivity contribution < 1.29 is 9.59 Å². The van der Waals surface area contributed by atoms with Gasteiger partial charge in [0.25, 0.3) is 5.91 Å². The van der Waals surface area contributed by atoms with Crippen molar-refractivity contribution in [2.45, 2.75) is 32.2 Å². The molecule has 5 rings (SSSR count). The van der Waals surface area contributed by atoms with E-state index in [9.17, 15) is 9.59 Å². The van der Waals surface area contributed by atoms with Gasteiger partial charge in [0.15, 0.2) is 0 Å². The van der Waals surface area contributed by atoms with Crippen LogP contribution in [0.25, 0.3) is 10.9 Å². The van der Waals surface area contributed by atoms with E-state index < -0.39 is 0 Å². The summed E-state index contributed by atoms with van der Waals surface area (Å²) in [5, 5.41) is 1.16. The number of carbonyl (C=O) groups is 2. The van der Waals surface area contributed by atoms with Crippen LogP contribution in [-0.4, -0.2) is 27.8 Å². The van der Waals surface area contributed by atoms with Crippen molar-refractivity contribution in [3.8, 4) is 0 Å². The van der Waals surface area contributed by atoms with E-state index >= 15 is 0 Å². The molecule has 3 aromatic rings. The predicted octanol–water partition coefficient (Wildman–Crippen LogP) is 4.12. The van der Waals surface area contributed by atoms with Crippen molar-refractivity contribution >= 4 is 22.7 Å². The van der Waals surface area contributed by atoms with Crippen LogP contribution in [0.2, 0.25) is 0 Å². The van der Waals surface area contributed by atoms with Crippen LogP contribution < -0.4 is 0 Å². The summed E-state index contributed by atoms with van der Waals surface area (Å²) >= 11 is 0. The van der Waals surface area contributed by atoms with Crippen LogP contribution in [0, 0.1) is 6.92 Å². The van der Waals surface area contributed by atoms with E-state index in [2.05, 4.69) is 6.07 Å². The molecule has 3 heterocycles. The van der Waals surface area contributed by atoms with Gasteiger partial charge in [0.2, 0.25) is 5.91 Å². The number of amides is 1. The van der Waals surface area contributed by atoms with Gasteiger partial charge in [0.05, 0.1) is 17.3 Å². The minimum absolute atomic E-state index is 0.0161. The Morgan fingerprint density at radius 2 is 1.81 bits per heavy atom. The van der Waals surface area contributed by atoms with Crippen molar-refractivity contribution in [3.63, 3.8) is 0 Å². The third-order valence-corrected chi connectivity index (χ3v) is 5.76. The fraction of sp³-hybridized carbons (Fsp3) is 0.273. The molecule has 0 aliphatic carbocycles. The lowest BCUT2D eigenvalue weighted by atomic mass is 9.91. The Labute approximate surface area is 152 Å². The normalized spacial score (nSPS) is 18.9. The minimum Gasteiger partial charge on any atom is -0.330 e. The molecule has 2 aliphatic rings. The highest BCUT2D eigenvalue weighted by Gasteiger charge is 2.39. The molecule has 2 aromatic carbocycles. The van der Waals surface area contributed by atoms with Gasteiger partial charge in [0, 0.05) is 23.9 Å². The summed E-state index contributed by atoms with van der Waals surface area (Å²) in [5.41, 5.74) is 5.13. The highest BCUT2D eigenvalue weighted by Crippen LogP contribution is 2.42. The zero-order valence-electron chi connectivity index (χ0n) is 14.7. The number of hydrogen-bond acceptors (Lipinski definition) is 2. The Hall–Kier alpha value is -2.88. The van der Waals surface area contributed by atoms with Crippen LogP contribution in [0.4, 0.5) is 0 Å². The summed E-state index contributed by atoms with van der Waals surface area (Å²) in [7, 11) is 0. The molecule has 1 atom stereocenters. The maximum Gasteiger partial charge on any atom is 0.254 e. The molecular weight excluding hydrogens is 324 g/mol. The third-order valence-electron chi connectivity index (χ3n) is 5.76. The average Bonchev–Trinajstić information content (AvgIpc) is 3.01. The summed E-state index contributed by atoms with van der Waals surface area (Å²) in [6.07, 6.45) is 1.98. The van der Waals surface area contributed by atoms with Crippen molar-refractivity contribution in [1.29, 1.82) is 0 Å². The Morgan fingerprint density at radius 1 is 1.04 bits per heavy atom. The standard InChI is InChI=1S/C22H20N2O2/c1-14-6-8-15(9-7-14)22(26)23-13-12-17-16-4-2-3-5-18(16)24-20(25)11-10-19(23)21(17)24/h2-9,19H,10-13H2,1H3/t19-/m1/s1. The molecule has 0 spiro atoms. The lowest BCUT2D eigenvalue weighted by Gasteiger charge is -2.39. The molecule has 4 heteroatoms. The van der Waals surface area contributed by atoms with Crippen LogP contribution in [0.15, 0.2) is 48.5 Å². The highest BCUT2D eigenvalue weighted by molar-refractivity contribution is 5.99. The molecule has 2 aliphatic heterocycles. The topological polar surface area (TPSA) is 42.3 Å². The third kappa shape index (κ3) is 2.08. The first-order valence-corrected chi connectivity index (χ1v) is 9.18. The zero-order chi connectivity index (χ0) is 17.8. The summed E-state index contributed by atoms with van der Waals surface area (Å²) in [6.45, 7) is 2.72. The molecule has 0 unspecified atom stereocenters. The number of para-hydroxylation sites is 1. The van der Waals surface area contributed by atoms with Gasteiger partial charge in [-0.15, -0.1) is 0 Å². The Balaban J connectivity index is 1.64. The number of nitrogens with zero attached hydrogens (tertiary/aromatic N) is 2. The maximum absolute atomic E-state index is 13.2.